The lowest BCUT2D eigenvalue weighted by atomic mass is 10.0. The summed E-state index contributed by atoms with van der Waals surface area (Å²) >= 11 is 0. The van der Waals surface area contributed by atoms with Crippen LogP contribution in [0.15, 0.2) is 30.5 Å². The molecule has 1 aromatic heterocycles. The van der Waals surface area contributed by atoms with Gasteiger partial charge < -0.3 is 19.7 Å². The lowest BCUT2D eigenvalue weighted by Crippen LogP contribution is -2.31. The van der Waals surface area contributed by atoms with Crippen LogP contribution in [-0.4, -0.2) is 33.1 Å². The average Bonchev–Trinajstić information content (AvgIpc) is 3.17. The standard InChI is InChI=1S/C17H17N3O4/c21-16(14-8-18-15-9-24-6-5-20(14)15)19-13-7-12(17(22)23)10-3-1-2-4-11(10)13/h1-4,8,12-13H,5-7,9H2,(H,19,21)(H,22,23). The number of carbonyl (C=O) groups is 2. The number of amides is 1. The van der Waals surface area contributed by atoms with E-state index in [0.717, 1.165) is 17.0 Å². The molecule has 2 atom stereocenters. The molecular weight excluding hydrogens is 310 g/mol. The Morgan fingerprint density at radius 2 is 2.08 bits per heavy atom. The third kappa shape index (κ3) is 2.37. The van der Waals surface area contributed by atoms with Gasteiger partial charge >= 0.3 is 5.97 Å². The Bertz CT molecular complexity index is 814. The molecule has 2 aromatic rings. The number of hydrogen-bond donors (Lipinski definition) is 2. The first-order chi connectivity index (χ1) is 11.6. The Kier molecular flexibility index (Phi) is 3.57. The summed E-state index contributed by atoms with van der Waals surface area (Å²) in [6.45, 7) is 1.55. The number of hydrogen-bond acceptors (Lipinski definition) is 4. The molecule has 2 heterocycles. The molecule has 2 unspecified atom stereocenters. The normalized spacial score (nSPS) is 21.8. The number of ether oxygens (including phenoxy) is 1. The van der Waals surface area contributed by atoms with Gasteiger partial charge in [-0.25, -0.2) is 4.98 Å². The van der Waals surface area contributed by atoms with Crippen LogP contribution in [0.3, 0.4) is 0 Å². The monoisotopic (exact) mass is 327 g/mol. The van der Waals surface area contributed by atoms with Crippen molar-refractivity contribution in [2.24, 2.45) is 0 Å². The van der Waals surface area contributed by atoms with Crippen molar-refractivity contribution in [3.05, 3.63) is 53.1 Å². The summed E-state index contributed by atoms with van der Waals surface area (Å²) in [7, 11) is 0. The molecule has 124 valence electrons. The van der Waals surface area contributed by atoms with Gasteiger partial charge in [-0.05, 0) is 17.5 Å². The first kappa shape index (κ1) is 14.9. The van der Waals surface area contributed by atoms with Gasteiger partial charge in [0, 0.05) is 6.54 Å². The van der Waals surface area contributed by atoms with E-state index in [2.05, 4.69) is 10.3 Å². The van der Waals surface area contributed by atoms with E-state index in [0.29, 0.717) is 31.9 Å². The maximum Gasteiger partial charge on any atom is 0.311 e. The Morgan fingerprint density at radius 1 is 1.29 bits per heavy atom. The van der Waals surface area contributed by atoms with Crippen molar-refractivity contribution in [2.45, 2.75) is 31.5 Å². The fourth-order valence-corrected chi connectivity index (χ4v) is 3.52. The highest BCUT2D eigenvalue weighted by Gasteiger charge is 2.36. The highest BCUT2D eigenvalue weighted by molar-refractivity contribution is 5.93. The Hall–Kier alpha value is -2.67. The van der Waals surface area contributed by atoms with Crippen LogP contribution in [0.1, 0.15) is 45.8 Å². The fourth-order valence-electron chi connectivity index (χ4n) is 3.52. The van der Waals surface area contributed by atoms with Gasteiger partial charge in [-0.2, -0.15) is 0 Å². The minimum atomic E-state index is -0.863. The van der Waals surface area contributed by atoms with Crippen molar-refractivity contribution in [3.63, 3.8) is 0 Å². The van der Waals surface area contributed by atoms with E-state index in [1.165, 1.54) is 0 Å². The van der Waals surface area contributed by atoms with Gasteiger partial charge in [-0.3, -0.25) is 9.59 Å². The molecule has 7 nitrogen and oxygen atoms in total. The highest BCUT2D eigenvalue weighted by Crippen LogP contribution is 2.40. The summed E-state index contributed by atoms with van der Waals surface area (Å²) in [5, 5.41) is 12.4. The molecule has 2 aliphatic rings. The third-order valence-corrected chi connectivity index (χ3v) is 4.68. The van der Waals surface area contributed by atoms with Gasteiger partial charge in [0.05, 0.1) is 24.8 Å². The number of aromatic nitrogens is 2. The number of imidazole rings is 1. The first-order valence-electron chi connectivity index (χ1n) is 7.90. The van der Waals surface area contributed by atoms with Gasteiger partial charge in [-0.1, -0.05) is 24.3 Å². The molecule has 1 aromatic carbocycles. The maximum atomic E-state index is 12.7. The largest absolute Gasteiger partial charge is 0.481 e. The number of carboxylic acids is 1. The predicted molar refractivity (Wildman–Crippen MR) is 83.5 cm³/mol. The molecule has 0 spiro atoms. The average molecular weight is 327 g/mol. The van der Waals surface area contributed by atoms with E-state index in [1.807, 2.05) is 28.8 Å². The topological polar surface area (TPSA) is 93.5 Å². The lowest BCUT2D eigenvalue weighted by Gasteiger charge is -2.18. The third-order valence-electron chi connectivity index (χ3n) is 4.68. The summed E-state index contributed by atoms with van der Waals surface area (Å²) in [6.07, 6.45) is 1.92. The van der Waals surface area contributed by atoms with Gasteiger partial charge in [-0.15, -0.1) is 0 Å². The molecule has 0 saturated carbocycles. The minimum absolute atomic E-state index is 0.235. The maximum absolute atomic E-state index is 12.7. The first-order valence-corrected chi connectivity index (χ1v) is 7.90. The summed E-state index contributed by atoms with van der Waals surface area (Å²) < 4.78 is 7.18. The quantitative estimate of drug-likeness (QED) is 0.890. The van der Waals surface area contributed by atoms with Crippen molar-refractivity contribution in [1.29, 1.82) is 0 Å². The molecule has 0 radical (unpaired) electrons. The Morgan fingerprint density at radius 3 is 2.88 bits per heavy atom. The molecule has 0 saturated heterocycles. The number of aliphatic carboxylic acids is 1. The van der Waals surface area contributed by atoms with Crippen molar-refractivity contribution in [3.8, 4) is 0 Å². The predicted octanol–water partition coefficient (Wildman–Crippen LogP) is 1.46. The van der Waals surface area contributed by atoms with E-state index < -0.39 is 11.9 Å². The van der Waals surface area contributed by atoms with Crippen molar-refractivity contribution < 1.29 is 19.4 Å². The van der Waals surface area contributed by atoms with Crippen LogP contribution >= 0.6 is 0 Å². The van der Waals surface area contributed by atoms with Gasteiger partial charge in [0.15, 0.2) is 0 Å². The van der Waals surface area contributed by atoms with E-state index in [4.69, 9.17) is 4.74 Å². The van der Waals surface area contributed by atoms with Crippen LogP contribution in [0, 0.1) is 0 Å². The molecule has 1 aliphatic heterocycles. The second-order valence-electron chi connectivity index (χ2n) is 6.05. The minimum Gasteiger partial charge on any atom is -0.481 e. The number of nitrogens with zero attached hydrogens (tertiary/aromatic N) is 2. The number of nitrogens with one attached hydrogen (secondary N) is 1. The molecule has 1 amide bonds. The number of fused-ring (bicyclic) bond motifs is 2. The smallest absolute Gasteiger partial charge is 0.311 e. The van der Waals surface area contributed by atoms with Crippen molar-refractivity contribution >= 4 is 11.9 Å². The van der Waals surface area contributed by atoms with Gasteiger partial charge in [0.2, 0.25) is 0 Å². The molecule has 4 rings (SSSR count). The summed E-state index contributed by atoms with van der Waals surface area (Å²) in [6, 6.07) is 7.08. The van der Waals surface area contributed by atoms with E-state index in [9.17, 15) is 14.7 Å². The van der Waals surface area contributed by atoms with E-state index in [-0.39, 0.29) is 11.9 Å². The van der Waals surface area contributed by atoms with E-state index >= 15 is 0 Å². The van der Waals surface area contributed by atoms with Crippen LogP contribution in [0.25, 0.3) is 0 Å². The number of benzene rings is 1. The fraction of sp³-hybridized carbons (Fsp3) is 0.353. The second kappa shape index (κ2) is 5.76. The summed E-state index contributed by atoms with van der Waals surface area (Å²) in [5.74, 6) is -0.944. The molecule has 0 fully saturated rings. The van der Waals surface area contributed by atoms with Gasteiger partial charge in [0.25, 0.3) is 5.91 Å². The van der Waals surface area contributed by atoms with Gasteiger partial charge in [0.1, 0.15) is 18.1 Å². The molecule has 1 aliphatic carbocycles. The zero-order valence-corrected chi connectivity index (χ0v) is 12.9. The molecule has 0 bridgehead atoms. The number of carbonyl (C=O) groups excluding carboxylic acids is 1. The molecular formula is C17H17N3O4. The summed E-state index contributed by atoms with van der Waals surface area (Å²) in [4.78, 5) is 28.4. The molecule has 24 heavy (non-hydrogen) atoms. The van der Waals surface area contributed by atoms with Crippen LogP contribution < -0.4 is 5.32 Å². The van der Waals surface area contributed by atoms with Crippen molar-refractivity contribution in [1.82, 2.24) is 14.9 Å². The number of carboxylic acid groups (broad SMARTS) is 1. The zero-order chi connectivity index (χ0) is 16.7. The van der Waals surface area contributed by atoms with Crippen LogP contribution in [0.5, 0.6) is 0 Å². The van der Waals surface area contributed by atoms with Crippen LogP contribution in [0.2, 0.25) is 0 Å². The Labute approximate surface area is 138 Å². The molecule has 7 heteroatoms. The second-order valence-corrected chi connectivity index (χ2v) is 6.05. The summed E-state index contributed by atoms with van der Waals surface area (Å²) in [5.41, 5.74) is 2.14. The van der Waals surface area contributed by atoms with Crippen molar-refractivity contribution in [2.75, 3.05) is 6.61 Å². The highest BCUT2D eigenvalue weighted by atomic mass is 16.5. The van der Waals surface area contributed by atoms with E-state index in [1.54, 1.807) is 6.20 Å². The van der Waals surface area contributed by atoms with Crippen LogP contribution in [-0.2, 0) is 22.7 Å². The lowest BCUT2D eigenvalue weighted by molar-refractivity contribution is -0.138. The molecule has 2 N–H and O–H groups in total. The zero-order valence-electron chi connectivity index (χ0n) is 12.9. The Balaban J connectivity index is 1.59. The van der Waals surface area contributed by atoms with Crippen LogP contribution in [0.4, 0.5) is 0 Å². The SMILES string of the molecule is O=C(NC1CC(C(=O)O)c2ccccc21)c1cnc2n1CCOC2. The number of rotatable bonds is 3.